The molecular formula is C47H39FN2S. The molecule has 0 radical (unpaired) electrons. The van der Waals surface area contributed by atoms with Crippen molar-refractivity contribution in [2.75, 3.05) is 0 Å². The van der Waals surface area contributed by atoms with Crippen molar-refractivity contribution in [3.05, 3.63) is 143 Å². The van der Waals surface area contributed by atoms with Crippen LogP contribution in [0.2, 0.25) is 0 Å². The smallest absolute Gasteiger partial charge is 0.147 e. The van der Waals surface area contributed by atoms with E-state index in [-0.39, 0.29) is 17.7 Å². The number of hydrogen-bond donors (Lipinski definition) is 0. The summed E-state index contributed by atoms with van der Waals surface area (Å²) in [5, 5.41) is 6.56. The van der Waals surface area contributed by atoms with Crippen molar-refractivity contribution >= 4 is 64.1 Å². The summed E-state index contributed by atoms with van der Waals surface area (Å²) in [7, 11) is 0. The van der Waals surface area contributed by atoms with Crippen molar-refractivity contribution in [1.82, 2.24) is 9.55 Å². The van der Waals surface area contributed by atoms with Crippen LogP contribution in [0.3, 0.4) is 0 Å². The minimum absolute atomic E-state index is 0.199. The van der Waals surface area contributed by atoms with E-state index in [1.54, 1.807) is 17.4 Å². The lowest BCUT2D eigenvalue weighted by molar-refractivity contribution is 0.641. The maximum atomic E-state index is 15.8. The number of aromatic nitrogens is 2. The summed E-state index contributed by atoms with van der Waals surface area (Å²) in [4.78, 5) is 5.55. The molecule has 0 aliphatic rings. The molecule has 0 aliphatic heterocycles. The van der Waals surface area contributed by atoms with E-state index in [0.717, 1.165) is 37.2 Å². The Balaban J connectivity index is 1.47. The zero-order valence-corrected chi connectivity index (χ0v) is 30.6. The predicted octanol–water partition coefficient (Wildman–Crippen LogP) is 14.0. The van der Waals surface area contributed by atoms with Gasteiger partial charge in [0.1, 0.15) is 11.6 Å². The molecule has 2 aromatic heterocycles. The maximum Gasteiger partial charge on any atom is 0.147 e. The average Bonchev–Trinajstić information content (AvgIpc) is 3.72. The van der Waals surface area contributed by atoms with E-state index in [9.17, 15) is 0 Å². The molecule has 51 heavy (non-hydrogen) atoms. The van der Waals surface area contributed by atoms with E-state index in [2.05, 4.69) is 131 Å². The fraction of sp³-hybridized carbons (Fsp3) is 0.170. The molecule has 0 fully saturated rings. The van der Waals surface area contributed by atoms with Gasteiger partial charge in [0.25, 0.3) is 0 Å². The molecular weight excluding hydrogens is 644 g/mol. The van der Waals surface area contributed by atoms with Crippen molar-refractivity contribution in [3.8, 4) is 28.2 Å². The number of aryl methyl sites for hydroxylation is 2. The Labute approximate surface area is 301 Å². The lowest BCUT2D eigenvalue weighted by Crippen LogP contribution is -2.09. The quantitative estimate of drug-likeness (QED) is 0.165. The monoisotopic (exact) mass is 682 g/mol. The van der Waals surface area contributed by atoms with Crippen LogP contribution in [0.1, 0.15) is 61.8 Å². The van der Waals surface area contributed by atoms with E-state index >= 15 is 4.39 Å². The van der Waals surface area contributed by atoms with Gasteiger partial charge in [-0.3, -0.25) is 4.57 Å². The highest BCUT2D eigenvalue weighted by molar-refractivity contribution is 7.26. The van der Waals surface area contributed by atoms with Gasteiger partial charge < -0.3 is 0 Å². The van der Waals surface area contributed by atoms with Crippen LogP contribution in [-0.4, -0.2) is 9.55 Å². The first-order valence-electron chi connectivity index (χ1n) is 17.9. The van der Waals surface area contributed by atoms with Gasteiger partial charge in [0.05, 0.1) is 16.7 Å². The molecule has 250 valence electrons. The Bertz CT molecular complexity index is 2810. The van der Waals surface area contributed by atoms with Gasteiger partial charge in [-0.25, -0.2) is 9.37 Å². The number of rotatable bonds is 5. The second-order valence-corrected chi connectivity index (χ2v) is 15.6. The molecule has 0 aliphatic carbocycles. The first-order valence-corrected chi connectivity index (χ1v) is 18.7. The largest absolute Gasteiger partial charge is 0.292 e. The van der Waals surface area contributed by atoms with Gasteiger partial charge in [-0.2, -0.15) is 0 Å². The number of fused-ring (bicyclic) bond motifs is 7. The van der Waals surface area contributed by atoms with E-state index in [1.165, 1.54) is 60.6 Å². The van der Waals surface area contributed by atoms with Crippen LogP contribution in [0.5, 0.6) is 0 Å². The molecule has 0 N–H and O–H groups in total. The zero-order chi connectivity index (χ0) is 35.1. The number of benzene rings is 7. The Kier molecular flexibility index (Phi) is 7.38. The van der Waals surface area contributed by atoms with Crippen molar-refractivity contribution in [2.45, 2.75) is 53.4 Å². The summed E-state index contributed by atoms with van der Waals surface area (Å²) in [6.07, 6.45) is 0. The molecule has 4 heteroatoms. The zero-order valence-electron chi connectivity index (χ0n) is 29.8. The molecule has 0 amide bonds. The number of hydrogen-bond acceptors (Lipinski definition) is 2. The van der Waals surface area contributed by atoms with Crippen LogP contribution in [0.4, 0.5) is 4.39 Å². The van der Waals surface area contributed by atoms with Crippen molar-refractivity contribution in [1.29, 1.82) is 0 Å². The third-order valence-electron chi connectivity index (χ3n) is 10.8. The Morgan fingerprint density at radius 2 is 1.24 bits per heavy atom. The molecule has 0 atom stereocenters. The highest BCUT2D eigenvalue weighted by atomic mass is 32.1. The Morgan fingerprint density at radius 1 is 0.608 bits per heavy atom. The van der Waals surface area contributed by atoms with Crippen LogP contribution in [0.15, 0.2) is 115 Å². The molecule has 9 rings (SSSR count). The van der Waals surface area contributed by atoms with Crippen molar-refractivity contribution in [2.24, 2.45) is 0 Å². The van der Waals surface area contributed by atoms with Crippen LogP contribution in [0, 0.1) is 19.7 Å². The minimum Gasteiger partial charge on any atom is -0.292 e. The number of nitrogens with zero attached hydrogens (tertiary/aromatic N) is 2. The summed E-state index contributed by atoms with van der Waals surface area (Å²) < 4.78 is 20.2. The predicted molar refractivity (Wildman–Crippen MR) is 217 cm³/mol. The Morgan fingerprint density at radius 3 is 1.94 bits per heavy atom. The normalized spacial score (nSPS) is 12.2. The first kappa shape index (κ1) is 31.6. The van der Waals surface area contributed by atoms with Gasteiger partial charge in [0, 0.05) is 25.7 Å². The van der Waals surface area contributed by atoms with Crippen LogP contribution >= 0.6 is 11.3 Å². The summed E-state index contributed by atoms with van der Waals surface area (Å²) >= 11 is 1.65. The third kappa shape index (κ3) is 4.84. The van der Waals surface area contributed by atoms with Gasteiger partial charge >= 0.3 is 0 Å². The van der Waals surface area contributed by atoms with Gasteiger partial charge in [0.2, 0.25) is 0 Å². The highest BCUT2D eigenvalue weighted by Crippen LogP contribution is 2.46. The van der Waals surface area contributed by atoms with Gasteiger partial charge in [-0.05, 0) is 123 Å². The van der Waals surface area contributed by atoms with Gasteiger partial charge in [-0.1, -0.05) is 100 Å². The summed E-state index contributed by atoms with van der Waals surface area (Å²) in [5.74, 6) is 1.11. The average molecular weight is 683 g/mol. The van der Waals surface area contributed by atoms with E-state index in [1.807, 2.05) is 24.3 Å². The molecule has 0 bridgehead atoms. The molecule has 2 nitrogen and oxygen atoms in total. The third-order valence-corrected chi connectivity index (χ3v) is 12.0. The minimum atomic E-state index is -0.199. The summed E-state index contributed by atoms with van der Waals surface area (Å²) in [6, 6.07) is 40.5. The number of imidazole rings is 1. The molecule has 2 heterocycles. The second kappa shape index (κ2) is 11.9. The molecule has 0 spiro atoms. The first-order chi connectivity index (χ1) is 24.7. The van der Waals surface area contributed by atoms with Crippen molar-refractivity contribution in [3.63, 3.8) is 0 Å². The van der Waals surface area contributed by atoms with Crippen LogP contribution in [0.25, 0.3) is 81.0 Å². The van der Waals surface area contributed by atoms with Crippen LogP contribution in [-0.2, 0) is 0 Å². The van der Waals surface area contributed by atoms with E-state index in [4.69, 9.17) is 4.98 Å². The number of thiophene rings is 1. The van der Waals surface area contributed by atoms with Gasteiger partial charge in [-0.15, -0.1) is 11.3 Å². The molecule has 0 saturated carbocycles. The van der Waals surface area contributed by atoms with E-state index < -0.39 is 0 Å². The molecule has 0 saturated heterocycles. The standard InChI is InChI=1S/C47H39FN2S/c1-26(2)36-22-31(30-14-8-7-9-15-30)23-37(27(3)4)45(36)50-42-25-38-29(6)28(5)32-16-10-11-17-33(32)39(38)24-41(42)49-47(50)35-20-21-40(48)44-34-18-12-13-19-43(34)51-46(35)44/h7-27H,1-6H3. The van der Waals surface area contributed by atoms with Gasteiger partial charge in [0.15, 0.2) is 0 Å². The lowest BCUT2D eigenvalue weighted by Gasteiger charge is -2.24. The summed E-state index contributed by atoms with van der Waals surface area (Å²) in [6.45, 7) is 13.6. The summed E-state index contributed by atoms with van der Waals surface area (Å²) in [5.41, 5.74) is 11.6. The highest BCUT2D eigenvalue weighted by Gasteiger charge is 2.26. The fourth-order valence-corrected chi connectivity index (χ4v) is 9.32. The second-order valence-electron chi connectivity index (χ2n) is 14.5. The molecule has 7 aromatic carbocycles. The molecule has 0 unspecified atom stereocenters. The fourth-order valence-electron chi connectivity index (χ4n) is 8.09. The SMILES string of the molecule is Cc1c(C)c2cc3c(cc2c2ccccc12)nc(-c1ccc(F)c2c1sc1ccccc12)n3-c1c(C(C)C)cc(-c2ccccc2)cc1C(C)C. The topological polar surface area (TPSA) is 17.8 Å². The lowest BCUT2D eigenvalue weighted by atomic mass is 9.88. The van der Waals surface area contributed by atoms with E-state index in [0.29, 0.717) is 5.39 Å². The Hall–Kier alpha value is -5.32. The number of halogens is 1. The molecule has 9 aromatic rings. The van der Waals surface area contributed by atoms with Crippen molar-refractivity contribution < 1.29 is 4.39 Å². The maximum absolute atomic E-state index is 15.8. The van der Waals surface area contributed by atoms with Crippen LogP contribution < -0.4 is 0 Å².